The third kappa shape index (κ3) is 2.54. The predicted octanol–water partition coefficient (Wildman–Crippen LogP) is 2.35. The van der Waals surface area contributed by atoms with Crippen molar-refractivity contribution in [2.75, 3.05) is 12.4 Å². The number of anilines is 1. The van der Waals surface area contributed by atoms with Gasteiger partial charge in [0.1, 0.15) is 11.5 Å². The fourth-order valence-corrected chi connectivity index (χ4v) is 3.51. The minimum atomic E-state index is -0.171. The highest BCUT2D eigenvalue weighted by molar-refractivity contribution is 5.93. The van der Waals surface area contributed by atoms with Crippen molar-refractivity contribution in [2.45, 2.75) is 37.8 Å². The smallest absolute Gasteiger partial charge is 0.127 e. The van der Waals surface area contributed by atoms with Crippen molar-refractivity contribution in [3.8, 4) is 11.3 Å². The number of hydrogen-bond acceptors (Lipinski definition) is 5. The third-order valence-electron chi connectivity index (χ3n) is 4.84. The lowest BCUT2D eigenvalue weighted by Gasteiger charge is -2.26. The van der Waals surface area contributed by atoms with E-state index in [1.54, 1.807) is 4.68 Å². The van der Waals surface area contributed by atoms with Gasteiger partial charge >= 0.3 is 0 Å². The van der Waals surface area contributed by atoms with Gasteiger partial charge in [-0.3, -0.25) is 9.36 Å². The van der Waals surface area contributed by atoms with E-state index in [0.717, 1.165) is 53.7 Å². The lowest BCUT2D eigenvalue weighted by atomic mass is 9.93. The van der Waals surface area contributed by atoms with Gasteiger partial charge in [0.05, 0.1) is 23.9 Å². The van der Waals surface area contributed by atoms with E-state index in [2.05, 4.69) is 20.1 Å². The minimum Gasteiger partial charge on any atom is -0.393 e. The molecular formula is C17H22N6O. The second-order valence-electron chi connectivity index (χ2n) is 6.49. The highest BCUT2D eigenvalue weighted by Crippen LogP contribution is 2.35. The predicted molar refractivity (Wildman–Crippen MR) is 92.8 cm³/mol. The SMILES string of the molecule is CNc1cc2c(cn1)c(-c1cnn(C)c1)nn2C1CCC(O)CC1. The number of aromatic nitrogens is 5. The maximum atomic E-state index is 9.79. The summed E-state index contributed by atoms with van der Waals surface area (Å²) < 4.78 is 3.90. The maximum absolute atomic E-state index is 9.79. The summed E-state index contributed by atoms with van der Waals surface area (Å²) >= 11 is 0. The van der Waals surface area contributed by atoms with Crippen molar-refractivity contribution in [1.29, 1.82) is 0 Å². The average molecular weight is 326 g/mol. The molecule has 3 aromatic heterocycles. The summed E-state index contributed by atoms with van der Waals surface area (Å²) in [5.41, 5.74) is 2.99. The molecule has 24 heavy (non-hydrogen) atoms. The van der Waals surface area contributed by atoms with Crippen molar-refractivity contribution in [3.05, 3.63) is 24.7 Å². The molecular weight excluding hydrogens is 304 g/mol. The number of nitrogens with one attached hydrogen (secondary N) is 1. The highest BCUT2D eigenvalue weighted by atomic mass is 16.3. The van der Waals surface area contributed by atoms with Crippen molar-refractivity contribution < 1.29 is 5.11 Å². The first-order valence-corrected chi connectivity index (χ1v) is 8.39. The van der Waals surface area contributed by atoms with Gasteiger partial charge in [-0.15, -0.1) is 0 Å². The Hall–Kier alpha value is -2.41. The van der Waals surface area contributed by atoms with E-state index >= 15 is 0 Å². The Morgan fingerprint density at radius 3 is 2.67 bits per heavy atom. The summed E-state index contributed by atoms with van der Waals surface area (Å²) in [5.74, 6) is 0.831. The number of aryl methyl sites for hydroxylation is 1. The zero-order chi connectivity index (χ0) is 16.7. The van der Waals surface area contributed by atoms with Crippen LogP contribution >= 0.6 is 0 Å². The molecule has 1 aliphatic rings. The number of fused-ring (bicyclic) bond motifs is 1. The first kappa shape index (κ1) is 15.1. The molecule has 0 atom stereocenters. The standard InChI is InChI=1S/C17H22N6O/c1-18-16-7-15-14(9-19-16)17(11-8-20-22(2)10-11)21-23(15)12-3-5-13(24)6-4-12/h7-10,12-13,24H,3-6H2,1-2H3,(H,18,19). The Bertz CT molecular complexity index is 859. The number of aliphatic hydroxyl groups is 1. The fourth-order valence-electron chi connectivity index (χ4n) is 3.51. The van der Waals surface area contributed by atoms with Gasteiger partial charge in [0.2, 0.25) is 0 Å². The molecule has 3 heterocycles. The first-order valence-electron chi connectivity index (χ1n) is 8.39. The molecule has 1 saturated carbocycles. The van der Waals surface area contributed by atoms with Crippen molar-refractivity contribution in [1.82, 2.24) is 24.5 Å². The van der Waals surface area contributed by atoms with Crippen molar-refractivity contribution in [3.63, 3.8) is 0 Å². The number of rotatable bonds is 3. The monoisotopic (exact) mass is 326 g/mol. The number of pyridine rings is 1. The lowest BCUT2D eigenvalue weighted by Crippen LogP contribution is -2.21. The minimum absolute atomic E-state index is 0.171. The van der Waals surface area contributed by atoms with Gasteiger partial charge in [-0.1, -0.05) is 0 Å². The van der Waals surface area contributed by atoms with Crippen LogP contribution < -0.4 is 5.32 Å². The summed E-state index contributed by atoms with van der Waals surface area (Å²) in [7, 11) is 3.77. The second kappa shape index (κ2) is 5.90. The molecule has 3 aromatic rings. The molecule has 0 aliphatic heterocycles. The molecule has 4 rings (SSSR count). The molecule has 126 valence electrons. The van der Waals surface area contributed by atoms with Crippen LogP contribution in [0.4, 0.5) is 5.82 Å². The van der Waals surface area contributed by atoms with Crippen LogP contribution in [0.5, 0.6) is 0 Å². The topological polar surface area (TPSA) is 80.8 Å². The Morgan fingerprint density at radius 2 is 2.00 bits per heavy atom. The van der Waals surface area contributed by atoms with Crippen LogP contribution in [0, 0.1) is 0 Å². The molecule has 0 unspecified atom stereocenters. The number of nitrogens with zero attached hydrogens (tertiary/aromatic N) is 5. The van der Waals surface area contributed by atoms with Gasteiger partial charge in [-0.2, -0.15) is 10.2 Å². The summed E-state index contributed by atoms with van der Waals surface area (Å²) in [6.07, 6.45) is 9.07. The summed E-state index contributed by atoms with van der Waals surface area (Å²) in [6, 6.07) is 2.36. The van der Waals surface area contributed by atoms with Gasteiger partial charge in [0.15, 0.2) is 0 Å². The number of aliphatic hydroxyl groups excluding tert-OH is 1. The van der Waals surface area contributed by atoms with E-state index in [4.69, 9.17) is 5.10 Å². The van der Waals surface area contributed by atoms with E-state index in [1.807, 2.05) is 38.8 Å². The molecule has 0 spiro atoms. The fraction of sp³-hybridized carbons (Fsp3) is 0.471. The molecule has 0 amide bonds. The molecule has 0 bridgehead atoms. The molecule has 0 radical (unpaired) electrons. The van der Waals surface area contributed by atoms with Crippen LogP contribution in [-0.4, -0.2) is 42.8 Å². The van der Waals surface area contributed by atoms with Crippen LogP contribution in [0.2, 0.25) is 0 Å². The van der Waals surface area contributed by atoms with Gasteiger partial charge in [-0.25, -0.2) is 4.98 Å². The van der Waals surface area contributed by atoms with Gasteiger partial charge in [0, 0.05) is 43.5 Å². The van der Waals surface area contributed by atoms with Crippen molar-refractivity contribution in [2.24, 2.45) is 7.05 Å². The van der Waals surface area contributed by atoms with Gasteiger partial charge < -0.3 is 10.4 Å². The zero-order valence-corrected chi connectivity index (χ0v) is 14.0. The highest BCUT2D eigenvalue weighted by Gasteiger charge is 2.25. The summed E-state index contributed by atoms with van der Waals surface area (Å²) in [4.78, 5) is 4.46. The number of hydrogen-bond donors (Lipinski definition) is 2. The summed E-state index contributed by atoms with van der Waals surface area (Å²) in [6.45, 7) is 0. The molecule has 7 heteroatoms. The molecule has 7 nitrogen and oxygen atoms in total. The van der Waals surface area contributed by atoms with E-state index in [-0.39, 0.29) is 6.10 Å². The van der Waals surface area contributed by atoms with Crippen molar-refractivity contribution >= 4 is 16.7 Å². The van der Waals surface area contributed by atoms with Gasteiger partial charge in [0.25, 0.3) is 0 Å². The first-order chi connectivity index (χ1) is 11.7. The second-order valence-corrected chi connectivity index (χ2v) is 6.49. The lowest BCUT2D eigenvalue weighted by molar-refractivity contribution is 0.109. The van der Waals surface area contributed by atoms with Crippen LogP contribution in [0.25, 0.3) is 22.2 Å². The Kier molecular flexibility index (Phi) is 3.72. The molecule has 0 saturated heterocycles. The molecule has 0 aromatic carbocycles. The Labute approximate surface area is 140 Å². The maximum Gasteiger partial charge on any atom is 0.127 e. The average Bonchev–Trinajstić information content (AvgIpc) is 3.18. The zero-order valence-electron chi connectivity index (χ0n) is 14.0. The molecule has 2 N–H and O–H groups in total. The van der Waals surface area contributed by atoms with Crippen LogP contribution in [0.3, 0.4) is 0 Å². The van der Waals surface area contributed by atoms with E-state index in [9.17, 15) is 5.11 Å². The van der Waals surface area contributed by atoms with Gasteiger partial charge in [-0.05, 0) is 25.7 Å². The van der Waals surface area contributed by atoms with E-state index < -0.39 is 0 Å². The molecule has 1 fully saturated rings. The third-order valence-corrected chi connectivity index (χ3v) is 4.84. The van der Waals surface area contributed by atoms with Crippen LogP contribution in [0.1, 0.15) is 31.7 Å². The summed E-state index contributed by atoms with van der Waals surface area (Å²) in [5, 5.41) is 23.1. The Morgan fingerprint density at radius 1 is 1.21 bits per heavy atom. The normalized spacial score (nSPS) is 21.3. The quantitative estimate of drug-likeness (QED) is 0.772. The molecule has 1 aliphatic carbocycles. The van der Waals surface area contributed by atoms with Crippen LogP contribution in [0.15, 0.2) is 24.7 Å². The van der Waals surface area contributed by atoms with E-state index in [0.29, 0.717) is 6.04 Å². The Balaban J connectivity index is 1.85. The largest absolute Gasteiger partial charge is 0.393 e. The van der Waals surface area contributed by atoms with E-state index in [1.165, 1.54) is 0 Å². The van der Waals surface area contributed by atoms with Crippen LogP contribution in [-0.2, 0) is 7.05 Å².